The minimum Gasteiger partial charge on any atom is -0.489 e. The van der Waals surface area contributed by atoms with Crippen molar-refractivity contribution in [3.63, 3.8) is 0 Å². The molecule has 0 fully saturated rings. The fourth-order valence-corrected chi connectivity index (χ4v) is 2.94. The number of aryl methyl sites for hydroxylation is 1. The summed E-state index contributed by atoms with van der Waals surface area (Å²) in [4.78, 5) is 12.4. The molecule has 4 nitrogen and oxygen atoms in total. The van der Waals surface area contributed by atoms with Gasteiger partial charge >= 0.3 is 0 Å². The Labute approximate surface area is 159 Å². The van der Waals surface area contributed by atoms with Gasteiger partial charge in [-0.05, 0) is 43.3 Å². The number of ether oxygens (including phenoxy) is 2. The monoisotopic (exact) mass is 384 g/mol. The van der Waals surface area contributed by atoms with Gasteiger partial charge in [-0.3, -0.25) is 4.79 Å². The number of benzene rings is 2. The minimum absolute atomic E-state index is 0.167. The Morgan fingerprint density at radius 1 is 1.15 bits per heavy atom. The van der Waals surface area contributed by atoms with Crippen LogP contribution in [0.1, 0.15) is 27.4 Å². The van der Waals surface area contributed by atoms with Crippen LogP contribution in [0, 0.1) is 12.7 Å². The highest BCUT2D eigenvalue weighted by Gasteiger charge is 2.28. The molecule has 3 aromatic rings. The van der Waals surface area contributed by atoms with Gasteiger partial charge in [0.05, 0.1) is 10.6 Å². The Bertz CT molecular complexity index is 1070. The average molecular weight is 385 g/mol. The number of carbonyl (C=O) groups excluding carboxylic acids is 1. The van der Waals surface area contributed by atoms with E-state index in [9.17, 15) is 9.18 Å². The van der Waals surface area contributed by atoms with Gasteiger partial charge in [0.1, 0.15) is 35.4 Å². The van der Waals surface area contributed by atoms with Crippen LogP contribution < -0.4 is 9.47 Å². The zero-order valence-corrected chi connectivity index (χ0v) is 15.0. The summed E-state index contributed by atoms with van der Waals surface area (Å²) in [6, 6.07) is 12.7. The average Bonchev–Trinajstić information content (AvgIpc) is 3.18. The zero-order valence-electron chi connectivity index (χ0n) is 14.3. The first-order valence-electron chi connectivity index (χ1n) is 8.21. The van der Waals surface area contributed by atoms with Gasteiger partial charge in [-0.2, -0.15) is 0 Å². The van der Waals surface area contributed by atoms with Crippen LogP contribution in [0.3, 0.4) is 0 Å². The lowest BCUT2D eigenvalue weighted by Gasteiger charge is -2.08. The molecule has 0 atom stereocenters. The van der Waals surface area contributed by atoms with Crippen LogP contribution >= 0.6 is 11.6 Å². The quantitative estimate of drug-likeness (QED) is 0.551. The van der Waals surface area contributed by atoms with E-state index < -0.39 is 5.82 Å². The first kappa shape index (κ1) is 17.4. The third kappa shape index (κ3) is 3.59. The highest BCUT2D eigenvalue weighted by Crippen LogP contribution is 2.35. The smallest absolute Gasteiger partial charge is 0.232 e. The number of allylic oxidation sites excluding steroid dienone is 1. The largest absolute Gasteiger partial charge is 0.489 e. The Kier molecular flexibility index (Phi) is 4.46. The fourth-order valence-electron chi connectivity index (χ4n) is 2.72. The molecule has 2 aromatic carbocycles. The van der Waals surface area contributed by atoms with Gasteiger partial charge in [0.2, 0.25) is 5.78 Å². The van der Waals surface area contributed by atoms with Crippen molar-refractivity contribution < 1.29 is 23.1 Å². The summed E-state index contributed by atoms with van der Waals surface area (Å²) in [5, 5.41) is 0.293. The summed E-state index contributed by atoms with van der Waals surface area (Å²) in [6.45, 7) is 1.99. The van der Waals surface area contributed by atoms with E-state index in [0.29, 0.717) is 33.4 Å². The van der Waals surface area contributed by atoms with Gasteiger partial charge in [0, 0.05) is 17.7 Å². The lowest BCUT2D eigenvalue weighted by Crippen LogP contribution is -1.98. The summed E-state index contributed by atoms with van der Waals surface area (Å²) in [7, 11) is 0. The summed E-state index contributed by atoms with van der Waals surface area (Å²) in [5.41, 5.74) is 1.11. The number of carbonyl (C=O) groups is 1. The van der Waals surface area contributed by atoms with Gasteiger partial charge in [-0.25, -0.2) is 4.39 Å². The van der Waals surface area contributed by atoms with Crippen molar-refractivity contribution in [2.75, 3.05) is 0 Å². The highest BCUT2D eigenvalue weighted by atomic mass is 35.5. The topological polar surface area (TPSA) is 48.7 Å². The normalized spacial score (nSPS) is 14.3. The molecule has 0 amide bonds. The van der Waals surface area contributed by atoms with Gasteiger partial charge in [0.15, 0.2) is 5.76 Å². The second-order valence-electron chi connectivity index (χ2n) is 6.07. The SMILES string of the molecule is Cc1ccc(C=C2Oc3cc(OCc4ccc(F)cc4Cl)ccc3C2=O)o1. The van der Waals surface area contributed by atoms with Crippen molar-refractivity contribution in [3.05, 3.63) is 87.8 Å². The van der Waals surface area contributed by atoms with E-state index in [1.807, 2.05) is 13.0 Å². The van der Waals surface area contributed by atoms with Crippen LogP contribution in [0.15, 0.2) is 58.7 Å². The zero-order chi connectivity index (χ0) is 19.0. The minimum atomic E-state index is -0.403. The molecule has 1 aliphatic rings. The van der Waals surface area contributed by atoms with Crippen LogP contribution in [0.4, 0.5) is 4.39 Å². The second-order valence-corrected chi connectivity index (χ2v) is 6.48. The van der Waals surface area contributed by atoms with E-state index >= 15 is 0 Å². The highest BCUT2D eigenvalue weighted by molar-refractivity contribution is 6.31. The van der Waals surface area contributed by atoms with Crippen molar-refractivity contribution >= 4 is 23.5 Å². The number of fused-ring (bicyclic) bond motifs is 1. The molecule has 1 aromatic heterocycles. The molecule has 0 saturated heterocycles. The number of furan rings is 1. The summed E-state index contributed by atoms with van der Waals surface area (Å²) in [5.74, 6) is 1.80. The van der Waals surface area contributed by atoms with Crippen LogP contribution in [0.5, 0.6) is 11.5 Å². The van der Waals surface area contributed by atoms with E-state index in [0.717, 1.165) is 5.76 Å². The molecule has 0 unspecified atom stereocenters. The van der Waals surface area contributed by atoms with Crippen molar-refractivity contribution in [3.8, 4) is 11.5 Å². The number of rotatable bonds is 4. The first-order valence-corrected chi connectivity index (χ1v) is 8.59. The van der Waals surface area contributed by atoms with Gasteiger partial charge in [0.25, 0.3) is 0 Å². The van der Waals surface area contributed by atoms with E-state index in [1.165, 1.54) is 12.1 Å². The maximum absolute atomic E-state index is 13.1. The molecule has 0 aliphatic carbocycles. The number of Topliss-reactive ketones (excluding diaryl/α,β-unsaturated/α-hetero) is 1. The predicted molar refractivity (Wildman–Crippen MR) is 98.6 cm³/mol. The number of hydrogen-bond acceptors (Lipinski definition) is 4. The maximum atomic E-state index is 13.1. The standard InChI is InChI=1S/C21H14ClFO4/c1-12-2-5-16(26-12)10-20-21(24)17-7-6-15(9-19(17)27-20)25-11-13-3-4-14(23)8-18(13)22/h2-10H,11H2,1H3. The first-order chi connectivity index (χ1) is 13.0. The van der Waals surface area contributed by atoms with Crippen LogP contribution in [-0.4, -0.2) is 5.78 Å². The predicted octanol–water partition coefficient (Wildman–Crippen LogP) is 5.58. The summed E-state index contributed by atoms with van der Waals surface area (Å²) in [6.07, 6.45) is 1.56. The van der Waals surface area contributed by atoms with E-state index in [2.05, 4.69) is 0 Å². The third-order valence-electron chi connectivity index (χ3n) is 4.09. The number of halogens is 2. The third-order valence-corrected chi connectivity index (χ3v) is 4.44. The van der Waals surface area contributed by atoms with E-state index in [1.54, 1.807) is 36.4 Å². The molecule has 0 radical (unpaired) electrons. The Balaban J connectivity index is 1.51. The lowest BCUT2D eigenvalue weighted by atomic mass is 10.1. The molecule has 6 heteroatoms. The Morgan fingerprint density at radius 3 is 2.74 bits per heavy atom. The summed E-state index contributed by atoms with van der Waals surface area (Å²) >= 11 is 6.00. The molecular formula is C21H14ClFO4. The summed E-state index contributed by atoms with van der Waals surface area (Å²) < 4.78 is 29.9. The van der Waals surface area contributed by atoms with Gasteiger partial charge in [-0.15, -0.1) is 0 Å². The maximum Gasteiger partial charge on any atom is 0.232 e. The lowest BCUT2D eigenvalue weighted by molar-refractivity contribution is 0.101. The van der Waals surface area contributed by atoms with Crippen molar-refractivity contribution in [2.24, 2.45) is 0 Å². The number of ketones is 1. The fraction of sp³-hybridized carbons (Fsp3) is 0.0952. The molecule has 0 N–H and O–H groups in total. The van der Waals surface area contributed by atoms with Crippen molar-refractivity contribution in [2.45, 2.75) is 13.5 Å². The molecule has 0 spiro atoms. The van der Waals surface area contributed by atoms with E-state index in [-0.39, 0.29) is 18.1 Å². The molecule has 0 bridgehead atoms. The van der Waals surface area contributed by atoms with Crippen molar-refractivity contribution in [1.29, 1.82) is 0 Å². The molecule has 136 valence electrons. The molecule has 4 rings (SSSR count). The van der Waals surface area contributed by atoms with E-state index in [4.69, 9.17) is 25.5 Å². The van der Waals surface area contributed by atoms with Gasteiger partial charge < -0.3 is 13.9 Å². The molecule has 27 heavy (non-hydrogen) atoms. The molecular weight excluding hydrogens is 371 g/mol. The van der Waals surface area contributed by atoms with Crippen LogP contribution in [-0.2, 0) is 6.61 Å². The second kappa shape index (κ2) is 6.93. The number of hydrogen-bond donors (Lipinski definition) is 0. The van der Waals surface area contributed by atoms with Gasteiger partial charge in [-0.1, -0.05) is 17.7 Å². The molecule has 0 saturated carbocycles. The molecule has 1 aliphatic heterocycles. The Morgan fingerprint density at radius 2 is 2.00 bits per heavy atom. The van der Waals surface area contributed by atoms with Crippen LogP contribution in [0.25, 0.3) is 6.08 Å². The van der Waals surface area contributed by atoms with Crippen LogP contribution in [0.2, 0.25) is 5.02 Å². The molecule has 2 heterocycles. The van der Waals surface area contributed by atoms with Crippen molar-refractivity contribution in [1.82, 2.24) is 0 Å². The Hall–Kier alpha value is -3.05.